The molecule has 116 valence electrons. The third kappa shape index (κ3) is 3.51. The van der Waals surface area contributed by atoms with Gasteiger partial charge >= 0.3 is 0 Å². The Labute approximate surface area is 134 Å². The van der Waals surface area contributed by atoms with Crippen molar-refractivity contribution in [3.05, 3.63) is 45.4 Å². The van der Waals surface area contributed by atoms with Crippen LogP contribution in [0.25, 0.3) is 0 Å². The van der Waals surface area contributed by atoms with E-state index >= 15 is 0 Å². The zero-order valence-corrected chi connectivity index (χ0v) is 13.4. The van der Waals surface area contributed by atoms with Crippen molar-refractivity contribution in [3.8, 4) is 0 Å². The molecule has 0 radical (unpaired) electrons. The highest BCUT2D eigenvalue weighted by Crippen LogP contribution is 2.25. The molecule has 1 fully saturated rings. The highest BCUT2D eigenvalue weighted by molar-refractivity contribution is 7.11. The van der Waals surface area contributed by atoms with E-state index in [4.69, 9.17) is 0 Å². The molecule has 5 nitrogen and oxygen atoms in total. The lowest BCUT2D eigenvalue weighted by molar-refractivity contribution is 0.0953. The Morgan fingerprint density at radius 3 is 3.00 bits per heavy atom. The van der Waals surface area contributed by atoms with Crippen LogP contribution in [0.15, 0.2) is 24.3 Å². The van der Waals surface area contributed by atoms with Gasteiger partial charge in [0.25, 0.3) is 5.91 Å². The van der Waals surface area contributed by atoms with Gasteiger partial charge < -0.3 is 10.6 Å². The first kappa shape index (κ1) is 15.1. The SMILES string of the molecule is Cc1nnc(CCNC(=O)c2ccccc2[C@H]2CCNC2)s1. The van der Waals surface area contributed by atoms with Gasteiger partial charge in [-0.3, -0.25) is 4.79 Å². The fraction of sp³-hybridized carbons (Fsp3) is 0.438. The van der Waals surface area contributed by atoms with Crippen LogP contribution in [0.5, 0.6) is 0 Å². The largest absolute Gasteiger partial charge is 0.352 e. The molecule has 0 saturated carbocycles. The van der Waals surface area contributed by atoms with Crippen molar-refractivity contribution in [2.45, 2.75) is 25.7 Å². The molecule has 22 heavy (non-hydrogen) atoms. The minimum atomic E-state index is 0.00346. The lowest BCUT2D eigenvalue weighted by atomic mass is 9.93. The standard InChI is InChI=1S/C16H20N4OS/c1-11-19-20-15(22-11)7-9-18-16(21)14-5-3-2-4-13(14)12-6-8-17-10-12/h2-5,12,17H,6-10H2,1H3,(H,18,21)/t12-/m0/s1. The number of carbonyl (C=O) groups is 1. The van der Waals surface area contributed by atoms with Crippen molar-refractivity contribution >= 4 is 17.2 Å². The summed E-state index contributed by atoms with van der Waals surface area (Å²) in [5.41, 5.74) is 1.95. The molecule has 0 unspecified atom stereocenters. The maximum Gasteiger partial charge on any atom is 0.251 e. The Hall–Kier alpha value is -1.79. The van der Waals surface area contributed by atoms with Gasteiger partial charge in [-0.1, -0.05) is 18.2 Å². The molecule has 2 N–H and O–H groups in total. The second-order valence-electron chi connectivity index (χ2n) is 5.50. The maximum absolute atomic E-state index is 12.5. The number of hydrogen-bond acceptors (Lipinski definition) is 5. The Bertz CT molecular complexity index is 649. The van der Waals surface area contributed by atoms with Crippen molar-refractivity contribution in [1.29, 1.82) is 0 Å². The van der Waals surface area contributed by atoms with Crippen molar-refractivity contribution in [3.63, 3.8) is 0 Å². The van der Waals surface area contributed by atoms with Crippen LogP contribution in [-0.2, 0) is 6.42 Å². The lowest BCUT2D eigenvalue weighted by Crippen LogP contribution is -2.27. The summed E-state index contributed by atoms with van der Waals surface area (Å²) in [7, 11) is 0. The summed E-state index contributed by atoms with van der Waals surface area (Å²) in [5.74, 6) is 0.441. The fourth-order valence-electron chi connectivity index (χ4n) is 2.80. The summed E-state index contributed by atoms with van der Waals surface area (Å²) < 4.78 is 0. The summed E-state index contributed by atoms with van der Waals surface area (Å²) in [6.45, 7) is 4.50. The summed E-state index contributed by atoms with van der Waals surface area (Å²) in [5, 5.41) is 16.3. The van der Waals surface area contributed by atoms with Gasteiger partial charge in [0.1, 0.15) is 10.0 Å². The molecule has 6 heteroatoms. The number of nitrogens with one attached hydrogen (secondary N) is 2. The lowest BCUT2D eigenvalue weighted by Gasteiger charge is -2.14. The number of hydrogen-bond donors (Lipinski definition) is 2. The van der Waals surface area contributed by atoms with E-state index < -0.39 is 0 Å². The number of benzene rings is 1. The Morgan fingerprint density at radius 1 is 1.41 bits per heavy atom. The Morgan fingerprint density at radius 2 is 2.27 bits per heavy atom. The normalized spacial score (nSPS) is 17.6. The maximum atomic E-state index is 12.5. The van der Waals surface area contributed by atoms with Crippen LogP contribution in [0.2, 0.25) is 0 Å². The first-order valence-corrected chi connectivity index (χ1v) is 8.42. The molecule has 1 atom stereocenters. The van der Waals surface area contributed by atoms with Crippen molar-refractivity contribution < 1.29 is 4.79 Å². The Balaban J connectivity index is 1.62. The summed E-state index contributed by atoms with van der Waals surface area (Å²) in [6, 6.07) is 7.92. The molecule has 1 amide bonds. The van der Waals surface area contributed by atoms with Gasteiger partial charge in [0.05, 0.1) is 0 Å². The van der Waals surface area contributed by atoms with Gasteiger partial charge in [0.15, 0.2) is 0 Å². The second kappa shape index (κ2) is 6.98. The highest BCUT2D eigenvalue weighted by atomic mass is 32.1. The molecular weight excluding hydrogens is 296 g/mol. The number of amides is 1. The number of nitrogens with zero attached hydrogens (tertiary/aromatic N) is 2. The summed E-state index contributed by atoms with van der Waals surface area (Å²) >= 11 is 1.58. The summed E-state index contributed by atoms with van der Waals surface area (Å²) in [4.78, 5) is 12.5. The molecule has 3 rings (SSSR count). The molecule has 1 aliphatic rings. The van der Waals surface area contributed by atoms with Crippen LogP contribution >= 0.6 is 11.3 Å². The first-order valence-electron chi connectivity index (χ1n) is 7.61. The van der Waals surface area contributed by atoms with Crippen LogP contribution < -0.4 is 10.6 Å². The predicted octanol–water partition coefficient (Wildman–Crippen LogP) is 1.90. The van der Waals surface area contributed by atoms with Crippen molar-refractivity contribution in [2.24, 2.45) is 0 Å². The molecule has 0 spiro atoms. The molecule has 1 aliphatic heterocycles. The molecular formula is C16H20N4OS. The average Bonchev–Trinajstić information content (AvgIpc) is 3.19. The van der Waals surface area contributed by atoms with Gasteiger partial charge in [-0.05, 0) is 37.4 Å². The third-order valence-corrected chi connectivity index (χ3v) is 4.80. The molecule has 1 saturated heterocycles. The van der Waals surface area contributed by atoms with Gasteiger partial charge in [0, 0.05) is 25.1 Å². The van der Waals surface area contributed by atoms with Gasteiger partial charge in [-0.25, -0.2) is 0 Å². The number of aryl methyl sites for hydroxylation is 1. The number of carbonyl (C=O) groups excluding carboxylic acids is 1. The van der Waals surface area contributed by atoms with Crippen LogP contribution in [0.3, 0.4) is 0 Å². The van der Waals surface area contributed by atoms with Crippen LogP contribution in [0.4, 0.5) is 0 Å². The molecule has 1 aromatic carbocycles. The van der Waals surface area contributed by atoms with E-state index in [1.807, 2.05) is 25.1 Å². The van der Waals surface area contributed by atoms with E-state index in [9.17, 15) is 4.79 Å². The fourth-order valence-corrected chi connectivity index (χ4v) is 3.51. The van der Waals surface area contributed by atoms with E-state index in [0.29, 0.717) is 12.5 Å². The molecule has 0 aliphatic carbocycles. The minimum absolute atomic E-state index is 0.00346. The molecule has 2 heterocycles. The highest BCUT2D eigenvalue weighted by Gasteiger charge is 2.21. The van der Waals surface area contributed by atoms with E-state index in [1.165, 1.54) is 0 Å². The Kier molecular flexibility index (Phi) is 4.80. The van der Waals surface area contributed by atoms with Crippen molar-refractivity contribution in [2.75, 3.05) is 19.6 Å². The van der Waals surface area contributed by atoms with E-state index in [0.717, 1.165) is 47.1 Å². The number of rotatable bonds is 5. The van der Waals surface area contributed by atoms with Crippen LogP contribution in [0.1, 0.15) is 38.3 Å². The van der Waals surface area contributed by atoms with Crippen LogP contribution in [0, 0.1) is 6.92 Å². The molecule has 1 aromatic heterocycles. The van der Waals surface area contributed by atoms with Gasteiger partial charge in [-0.2, -0.15) is 0 Å². The van der Waals surface area contributed by atoms with Crippen LogP contribution in [-0.4, -0.2) is 35.7 Å². The molecule has 0 bridgehead atoms. The van der Waals surface area contributed by atoms with Gasteiger partial charge in [0.2, 0.25) is 0 Å². The molecule has 2 aromatic rings. The topological polar surface area (TPSA) is 66.9 Å². The van der Waals surface area contributed by atoms with Gasteiger partial charge in [-0.15, -0.1) is 21.5 Å². The minimum Gasteiger partial charge on any atom is -0.352 e. The smallest absolute Gasteiger partial charge is 0.251 e. The first-order chi connectivity index (χ1) is 10.7. The van der Waals surface area contributed by atoms with E-state index in [-0.39, 0.29) is 5.91 Å². The van der Waals surface area contributed by atoms with Crippen molar-refractivity contribution in [1.82, 2.24) is 20.8 Å². The summed E-state index contributed by atoms with van der Waals surface area (Å²) in [6.07, 6.45) is 1.82. The monoisotopic (exact) mass is 316 g/mol. The zero-order valence-electron chi connectivity index (χ0n) is 12.6. The average molecular weight is 316 g/mol. The predicted molar refractivity (Wildman–Crippen MR) is 87.4 cm³/mol. The second-order valence-corrected chi connectivity index (χ2v) is 6.76. The van der Waals surface area contributed by atoms with E-state index in [1.54, 1.807) is 11.3 Å². The van der Waals surface area contributed by atoms with E-state index in [2.05, 4.69) is 26.9 Å². The zero-order chi connectivity index (χ0) is 15.4. The quantitative estimate of drug-likeness (QED) is 0.884. The number of aromatic nitrogens is 2. The third-order valence-electron chi connectivity index (χ3n) is 3.90.